The number of likely N-dealkylation sites (tertiary alicyclic amines) is 2. The Balaban J connectivity index is 1.87. The molecule has 7 nitrogen and oxygen atoms in total. The molecule has 0 aromatic heterocycles. The molecule has 2 atom stereocenters. The van der Waals surface area contributed by atoms with Crippen LogP contribution in [0.25, 0.3) is 0 Å². The lowest BCUT2D eigenvalue weighted by Gasteiger charge is -2.32. The van der Waals surface area contributed by atoms with Crippen molar-refractivity contribution in [3.8, 4) is 0 Å². The number of carbonyl (C=O) groups excluding carboxylic acids is 3. The van der Waals surface area contributed by atoms with Crippen molar-refractivity contribution in [2.45, 2.75) is 32.2 Å². The second kappa shape index (κ2) is 7.77. The Morgan fingerprint density at radius 2 is 1.87 bits per heavy atom. The number of esters is 1. The van der Waals surface area contributed by atoms with Crippen LogP contribution in [-0.2, 0) is 23.9 Å². The summed E-state index contributed by atoms with van der Waals surface area (Å²) in [5.41, 5.74) is 0. The summed E-state index contributed by atoms with van der Waals surface area (Å²) in [4.78, 5) is 39.8. The van der Waals surface area contributed by atoms with E-state index in [4.69, 9.17) is 9.47 Å². The molecule has 0 unspecified atom stereocenters. The summed E-state index contributed by atoms with van der Waals surface area (Å²) in [6, 6.07) is -0.0182. The van der Waals surface area contributed by atoms with Gasteiger partial charge < -0.3 is 19.3 Å². The number of ether oxygens (including phenoxy) is 2. The van der Waals surface area contributed by atoms with E-state index in [2.05, 4.69) is 0 Å². The highest BCUT2D eigenvalue weighted by atomic mass is 16.5. The first-order valence-electron chi connectivity index (χ1n) is 8.13. The lowest BCUT2D eigenvalue weighted by atomic mass is 9.95. The first-order chi connectivity index (χ1) is 11.0. The maximum absolute atomic E-state index is 12.6. The number of rotatable bonds is 5. The fourth-order valence-corrected chi connectivity index (χ4v) is 3.41. The van der Waals surface area contributed by atoms with Crippen LogP contribution in [0.4, 0.5) is 0 Å². The average Bonchev–Trinajstić information content (AvgIpc) is 2.95. The van der Waals surface area contributed by atoms with E-state index in [1.807, 2.05) is 6.92 Å². The van der Waals surface area contributed by atoms with E-state index in [0.29, 0.717) is 39.1 Å². The zero-order valence-corrected chi connectivity index (χ0v) is 14.1. The van der Waals surface area contributed by atoms with Gasteiger partial charge in [-0.1, -0.05) is 0 Å². The molecule has 0 aromatic carbocycles. The van der Waals surface area contributed by atoms with Gasteiger partial charge >= 0.3 is 5.97 Å². The molecule has 2 saturated heterocycles. The average molecular weight is 326 g/mol. The van der Waals surface area contributed by atoms with E-state index in [1.165, 1.54) is 7.11 Å². The third-order valence-electron chi connectivity index (χ3n) is 4.79. The SMILES string of the molecule is COC[C@H](C)N1C[C@@H](C(=O)N2CCC(C(=O)OC)CC2)CC1=O. The number of hydrogen-bond acceptors (Lipinski definition) is 5. The van der Waals surface area contributed by atoms with Gasteiger partial charge in [-0.25, -0.2) is 0 Å². The van der Waals surface area contributed by atoms with Crippen molar-refractivity contribution in [2.75, 3.05) is 40.5 Å². The van der Waals surface area contributed by atoms with Crippen LogP contribution in [0.3, 0.4) is 0 Å². The Hall–Kier alpha value is -1.63. The van der Waals surface area contributed by atoms with E-state index >= 15 is 0 Å². The van der Waals surface area contributed by atoms with E-state index in [9.17, 15) is 14.4 Å². The highest BCUT2D eigenvalue weighted by Crippen LogP contribution is 2.25. The van der Waals surface area contributed by atoms with Crippen LogP contribution in [0.5, 0.6) is 0 Å². The summed E-state index contributed by atoms with van der Waals surface area (Å²) in [6.45, 7) is 3.96. The van der Waals surface area contributed by atoms with Crippen LogP contribution in [0.15, 0.2) is 0 Å². The third-order valence-corrected chi connectivity index (χ3v) is 4.79. The van der Waals surface area contributed by atoms with Gasteiger partial charge in [0.2, 0.25) is 11.8 Å². The quantitative estimate of drug-likeness (QED) is 0.678. The van der Waals surface area contributed by atoms with Crippen molar-refractivity contribution in [2.24, 2.45) is 11.8 Å². The zero-order valence-electron chi connectivity index (χ0n) is 14.1. The Morgan fingerprint density at radius 3 is 2.43 bits per heavy atom. The fourth-order valence-electron chi connectivity index (χ4n) is 3.41. The minimum Gasteiger partial charge on any atom is -0.469 e. The molecule has 0 radical (unpaired) electrons. The van der Waals surface area contributed by atoms with Crippen molar-refractivity contribution in [3.05, 3.63) is 0 Å². The number of nitrogens with zero attached hydrogens (tertiary/aromatic N) is 2. The molecule has 2 aliphatic rings. The molecule has 130 valence electrons. The van der Waals surface area contributed by atoms with Gasteiger partial charge in [0.05, 0.1) is 31.6 Å². The van der Waals surface area contributed by atoms with Gasteiger partial charge in [-0.15, -0.1) is 0 Å². The summed E-state index contributed by atoms with van der Waals surface area (Å²) >= 11 is 0. The monoisotopic (exact) mass is 326 g/mol. The Labute approximate surface area is 136 Å². The van der Waals surface area contributed by atoms with Gasteiger partial charge in [-0.2, -0.15) is 0 Å². The van der Waals surface area contributed by atoms with Gasteiger partial charge in [0.15, 0.2) is 0 Å². The minimum absolute atomic E-state index is 0.0114. The minimum atomic E-state index is -0.281. The van der Waals surface area contributed by atoms with E-state index in [0.717, 1.165) is 0 Å². The predicted molar refractivity (Wildman–Crippen MR) is 82.5 cm³/mol. The van der Waals surface area contributed by atoms with Crippen LogP contribution in [0, 0.1) is 11.8 Å². The van der Waals surface area contributed by atoms with Gasteiger partial charge in [0, 0.05) is 33.2 Å². The molecule has 0 aliphatic carbocycles. The van der Waals surface area contributed by atoms with Crippen LogP contribution in [-0.4, -0.2) is 74.1 Å². The normalized spacial score (nSPS) is 24.0. The van der Waals surface area contributed by atoms with E-state index in [-0.39, 0.29) is 42.1 Å². The lowest BCUT2D eigenvalue weighted by molar-refractivity contribution is -0.149. The molecule has 7 heteroatoms. The molecule has 2 aliphatic heterocycles. The summed E-state index contributed by atoms with van der Waals surface area (Å²) in [6.07, 6.45) is 1.52. The molecular formula is C16H26N2O5. The third kappa shape index (κ3) is 4.02. The second-order valence-electron chi connectivity index (χ2n) is 6.37. The molecule has 0 saturated carbocycles. The second-order valence-corrected chi connectivity index (χ2v) is 6.37. The summed E-state index contributed by atoms with van der Waals surface area (Å²) < 4.78 is 9.85. The Kier molecular flexibility index (Phi) is 5.98. The molecule has 2 rings (SSSR count). The highest BCUT2D eigenvalue weighted by Gasteiger charge is 2.39. The number of carbonyl (C=O) groups is 3. The van der Waals surface area contributed by atoms with Crippen molar-refractivity contribution >= 4 is 17.8 Å². The maximum Gasteiger partial charge on any atom is 0.308 e. The van der Waals surface area contributed by atoms with Gasteiger partial charge in [0.25, 0.3) is 0 Å². The molecule has 0 N–H and O–H groups in total. The van der Waals surface area contributed by atoms with E-state index in [1.54, 1.807) is 16.9 Å². The Morgan fingerprint density at radius 1 is 1.22 bits per heavy atom. The molecule has 2 amide bonds. The Bertz CT molecular complexity index is 459. The zero-order chi connectivity index (χ0) is 17.0. The standard InChI is InChI=1S/C16H26N2O5/c1-11(10-22-2)18-9-13(8-14(18)19)15(20)17-6-4-12(5-7-17)16(21)23-3/h11-13H,4-10H2,1-3H3/t11-,13-/m0/s1. The van der Waals surface area contributed by atoms with Crippen LogP contribution >= 0.6 is 0 Å². The van der Waals surface area contributed by atoms with Crippen molar-refractivity contribution in [3.63, 3.8) is 0 Å². The first kappa shape index (κ1) is 17.7. The molecule has 0 spiro atoms. The summed E-state index contributed by atoms with van der Waals surface area (Å²) in [5.74, 6) is -0.567. The molecule has 0 bridgehead atoms. The number of amides is 2. The largest absolute Gasteiger partial charge is 0.469 e. The van der Waals surface area contributed by atoms with Gasteiger partial charge in [-0.05, 0) is 19.8 Å². The molecule has 23 heavy (non-hydrogen) atoms. The molecule has 0 aromatic rings. The molecule has 2 heterocycles. The summed E-state index contributed by atoms with van der Waals surface area (Å²) in [5, 5.41) is 0. The maximum atomic E-state index is 12.6. The van der Waals surface area contributed by atoms with Crippen molar-refractivity contribution < 1.29 is 23.9 Å². The van der Waals surface area contributed by atoms with Crippen molar-refractivity contribution in [1.82, 2.24) is 9.80 Å². The predicted octanol–water partition coefficient (Wildman–Crippen LogP) is 0.281. The van der Waals surface area contributed by atoms with Gasteiger partial charge in [0.1, 0.15) is 0 Å². The molecular weight excluding hydrogens is 300 g/mol. The number of piperidine rings is 1. The summed E-state index contributed by atoms with van der Waals surface area (Å²) in [7, 11) is 2.99. The van der Waals surface area contributed by atoms with Crippen LogP contribution in [0.1, 0.15) is 26.2 Å². The fraction of sp³-hybridized carbons (Fsp3) is 0.812. The smallest absolute Gasteiger partial charge is 0.308 e. The van der Waals surface area contributed by atoms with Gasteiger partial charge in [-0.3, -0.25) is 14.4 Å². The number of methoxy groups -OCH3 is 2. The molecule has 2 fully saturated rings. The number of hydrogen-bond donors (Lipinski definition) is 0. The van der Waals surface area contributed by atoms with E-state index < -0.39 is 0 Å². The van der Waals surface area contributed by atoms with Crippen molar-refractivity contribution in [1.29, 1.82) is 0 Å². The van der Waals surface area contributed by atoms with Crippen LogP contribution in [0.2, 0.25) is 0 Å². The highest BCUT2D eigenvalue weighted by molar-refractivity contribution is 5.89. The van der Waals surface area contributed by atoms with Crippen LogP contribution < -0.4 is 0 Å². The first-order valence-corrected chi connectivity index (χ1v) is 8.13. The topological polar surface area (TPSA) is 76.2 Å². The lowest BCUT2D eigenvalue weighted by Crippen LogP contribution is -2.44.